The minimum atomic E-state index is -4.01. The predicted molar refractivity (Wildman–Crippen MR) is 90.7 cm³/mol. The number of benzene rings is 1. The molecule has 4 nitrogen and oxygen atoms in total. The van der Waals surface area contributed by atoms with E-state index in [1.165, 1.54) is 4.89 Å². The van der Waals surface area contributed by atoms with Crippen molar-refractivity contribution in [3.63, 3.8) is 0 Å². The van der Waals surface area contributed by atoms with E-state index in [2.05, 4.69) is 27.4 Å². The number of hydrogen-bond acceptors (Lipinski definition) is 3. The van der Waals surface area contributed by atoms with Crippen LogP contribution in [-0.4, -0.2) is 13.6 Å². The maximum atomic E-state index is 12.4. The van der Waals surface area contributed by atoms with E-state index in [1.807, 2.05) is 32.9 Å². The van der Waals surface area contributed by atoms with E-state index < -0.39 is 15.4 Å². The molecule has 22 heavy (non-hydrogen) atoms. The topological polar surface area (TPSA) is 66.4 Å². The van der Waals surface area contributed by atoms with E-state index in [0.29, 0.717) is 16.7 Å². The fourth-order valence-corrected chi connectivity index (χ4v) is 3.54. The Kier molecular flexibility index (Phi) is 4.97. The number of sulfonamides is 1. The van der Waals surface area contributed by atoms with Gasteiger partial charge in [0.05, 0.1) is 4.90 Å². The molecule has 5 heteroatoms. The average Bonchev–Trinajstić information content (AvgIpc) is 2.34. The zero-order chi connectivity index (χ0) is 17.5. The van der Waals surface area contributed by atoms with Crippen LogP contribution in [0.4, 0.5) is 0 Å². The van der Waals surface area contributed by atoms with Gasteiger partial charge in [-0.15, -0.1) is 0 Å². The van der Waals surface area contributed by atoms with Crippen LogP contribution in [0.3, 0.4) is 0 Å². The fourth-order valence-electron chi connectivity index (χ4n) is 2.27. The molecule has 0 atom stereocenters. The molecule has 0 spiro atoms. The second-order valence-corrected chi connectivity index (χ2v) is 9.37. The van der Waals surface area contributed by atoms with Gasteiger partial charge in [-0.25, -0.2) is 8.42 Å². The highest BCUT2D eigenvalue weighted by Gasteiger charge is 2.31. The van der Waals surface area contributed by atoms with E-state index in [9.17, 15) is 8.42 Å². The lowest BCUT2D eigenvalue weighted by Gasteiger charge is -2.29. The van der Waals surface area contributed by atoms with E-state index in [0.717, 1.165) is 5.56 Å². The number of nitrogens with one attached hydrogen (secondary N) is 1. The predicted octanol–water partition coefficient (Wildman–Crippen LogP) is 3.98. The lowest BCUT2D eigenvalue weighted by molar-refractivity contribution is 0.242. The van der Waals surface area contributed by atoms with Gasteiger partial charge in [0.15, 0.2) is 0 Å². The van der Waals surface area contributed by atoms with Crippen molar-refractivity contribution in [2.45, 2.75) is 64.2 Å². The summed E-state index contributed by atoms with van der Waals surface area (Å²) in [6.45, 7) is 17.8. The quantitative estimate of drug-likeness (QED) is 0.826. The Morgan fingerprint density at radius 2 is 1.59 bits per heavy atom. The van der Waals surface area contributed by atoms with Crippen LogP contribution in [-0.2, 0) is 20.9 Å². The Balaban J connectivity index is 4.01. The molecule has 0 aromatic heterocycles. The van der Waals surface area contributed by atoms with Crippen molar-refractivity contribution in [1.82, 2.24) is 4.89 Å². The lowest BCUT2D eigenvalue weighted by Crippen LogP contribution is -2.27. The van der Waals surface area contributed by atoms with Crippen LogP contribution in [0.2, 0.25) is 0 Å². The second-order valence-electron chi connectivity index (χ2n) is 7.78. The molecule has 0 saturated heterocycles. The molecule has 0 aliphatic heterocycles. The Hall–Kier alpha value is -1.17. The first-order valence-electron chi connectivity index (χ1n) is 7.22. The minimum absolute atomic E-state index is 0.100. The van der Waals surface area contributed by atoms with Crippen LogP contribution in [0.1, 0.15) is 65.2 Å². The van der Waals surface area contributed by atoms with Gasteiger partial charge >= 0.3 is 0 Å². The highest BCUT2D eigenvalue weighted by Crippen LogP contribution is 2.38. The Morgan fingerprint density at radius 3 is 1.91 bits per heavy atom. The summed E-state index contributed by atoms with van der Waals surface area (Å²) in [5, 5.41) is 9.11. The molecule has 124 valence electrons. The summed E-state index contributed by atoms with van der Waals surface area (Å²) < 4.78 is 24.7. The fraction of sp³-hybridized carbons (Fsp3) is 0.529. The van der Waals surface area contributed by atoms with Crippen LogP contribution in [0, 0.1) is 0 Å². The van der Waals surface area contributed by atoms with Crippen LogP contribution in [0.25, 0.3) is 5.57 Å². The standard InChI is InChI=1S/C17H27NO3S/c1-11(2)13-9-12(16(3,4)5)10-14(17(6,7)8)15(13)22(20,21)18-19/h9-10,18-19H,1H2,2-8H3. The summed E-state index contributed by atoms with van der Waals surface area (Å²) in [5.41, 5.74) is 2.36. The SMILES string of the molecule is C=C(C)c1cc(C(C)(C)C)cc(C(C)(C)C)c1S(=O)(=O)NO. The molecule has 0 heterocycles. The van der Waals surface area contributed by atoms with Gasteiger partial charge in [0.2, 0.25) is 0 Å². The zero-order valence-electron chi connectivity index (χ0n) is 14.5. The first kappa shape index (κ1) is 18.9. The van der Waals surface area contributed by atoms with Crippen molar-refractivity contribution < 1.29 is 13.6 Å². The number of rotatable bonds is 3. The summed E-state index contributed by atoms with van der Waals surface area (Å²) in [4.78, 5) is 1.55. The minimum Gasteiger partial charge on any atom is -0.302 e. The lowest BCUT2D eigenvalue weighted by atomic mass is 9.79. The third kappa shape index (κ3) is 3.77. The molecule has 0 unspecified atom stereocenters. The molecule has 1 aromatic carbocycles. The highest BCUT2D eigenvalue weighted by atomic mass is 32.2. The maximum Gasteiger partial charge on any atom is 0.263 e. The van der Waals surface area contributed by atoms with Crippen molar-refractivity contribution in [3.8, 4) is 0 Å². The van der Waals surface area contributed by atoms with Crippen LogP contribution in [0.5, 0.6) is 0 Å². The smallest absolute Gasteiger partial charge is 0.263 e. The Morgan fingerprint density at radius 1 is 1.09 bits per heavy atom. The van der Waals surface area contributed by atoms with Gasteiger partial charge < -0.3 is 5.21 Å². The molecule has 0 bridgehead atoms. The summed E-state index contributed by atoms with van der Waals surface area (Å²) in [6, 6.07) is 3.76. The summed E-state index contributed by atoms with van der Waals surface area (Å²) in [5.74, 6) is 0. The molecule has 0 saturated carbocycles. The molecular formula is C17H27NO3S. The van der Waals surface area contributed by atoms with E-state index >= 15 is 0 Å². The molecule has 0 aliphatic rings. The van der Waals surface area contributed by atoms with E-state index in [1.54, 1.807) is 6.92 Å². The average molecular weight is 325 g/mol. The summed E-state index contributed by atoms with van der Waals surface area (Å²) >= 11 is 0. The van der Waals surface area contributed by atoms with Crippen LogP contribution < -0.4 is 4.89 Å². The van der Waals surface area contributed by atoms with Crippen molar-refractivity contribution in [3.05, 3.63) is 35.4 Å². The molecule has 1 aromatic rings. The Bertz CT molecular complexity index is 690. The highest BCUT2D eigenvalue weighted by molar-refractivity contribution is 7.89. The Labute approximate surface area is 134 Å². The first-order chi connectivity index (χ1) is 9.71. The normalized spacial score (nSPS) is 13.3. The summed E-state index contributed by atoms with van der Waals surface area (Å²) in [6.07, 6.45) is 0. The molecule has 0 fully saturated rings. The molecule has 0 radical (unpaired) electrons. The van der Waals surface area contributed by atoms with Gasteiger partial charge in [0.1, 0.15) is 0 Å². The van der Waals surface area contributed by atoms with Gasteiger partial charge in [0, 0.05) is 0 Å². The molecular weight excluding hydrogens is 298 g/mol. The van der Waals surface area contributed by atoms with Gasteiger partial charge in [-0.05, 0) is 46.1 Å². The van der Waals surface area contributed by atoms with Crippen molar-refractivity contribution in [2.75, 3.05) is 0 Å². The van der Waals surface area contributed by atoms with Crippen molar-refractivity contribution in [1.29, 1.82) is 0 Å². The van der Waals surface area contributed by atoms with Gasteiger partial charge in [0.25, 0.3) is 10.0 Å². The molecule has 2 N–H and O–H groups in total. The largest absolute Gasteiger partial charge is 0.302 e. The number of allylic oxidation sites excluding steroid dienone is 1. The first-order valence-corrected chi connectivity index (χ1v) is 8.71. The van der Waals surface area contributed by atoms with E-state index in [-0.39, 0.29) is 10.3 Å². The van der Waals surface area contributed by atoms with Crippen LogP contribution >= 0.6 is 0 Å². The van der Waals surface area contributed by atoms with E-state index in [4.69, 9.17) is 5.21 Å². The van der Waals surface area contributed by atoms with Crippen molar-refractivity contribution in [2.24, 2.45) is 0 Å². The molecule has 0 aliphatic carbocycles. The van der Waals surface area contributed by atoms with Gasteiger partial charge in [-0.1, -0.05) is 59.1 Å². The second kappa shape index (κ2) is 5.80. The zero-order valence-corrected chi connectivity index (χ0v) is 15.4. The third-order valence-corrected chi connectivity index (χ3v) is 4.83. The van der Waals surface area contributed by atoms with Gasteiger partial charge in [-0.3, -0.25) is 0 Å². The summed E-state index contributed by atoms with van der Waals surface area (Å²) in [7, 11) is -4.01. The molecule has 0 amide bonds. The third-order valence-electron chi connectivity index (χ3n) is 3.61. The van der Waals surface area contributed by atoms with Crippen molar-refractivity contribution >= 4 is 15.6 Å². The molecule has 1 rings (SSSR count). The van der Waals surface area contributed by atoms with Gasteiger partial charge in [-0.2, -0.15) is 0 Å². The number of hydrogen-bond donors (Lipinski definition) is 2. The monoisotopic (exact) mass is 325 g/mol. The maximum absolute atomic E-state index is 12.4. The van der Waals surface area contributed by atoms with Crippen LogP contribution in [0.15, 0.2) is 23.6 Å².